The number of aliphatic hydroxyl groups excluding tert-OH is 1. The number of halogens is 1. The lowest BCUT2D eigenvalue weighted by Crippen LogP contribution is -2.32. The molecule has 0 heterocycles. The number of hydrogen-bond acceptors (Lipinski definition) is 3. The van der Waals surface area contributed by atoms with Crippen LogP contribution in [0.5, 0.6) is 5.75 Å². The van der Waals surface area contributed by atoms with Gasteiger partial charge in [-0.2, -0.15) is 0 Å². The van der Waals surface area contributed by atoms with Crippen LogP contribution in [0, 0.1) is 5.41 Å². The average Bonchev–Trinajstić information content (AvgIpc) is 2.28. The smallest absolute Gasteiger partial charge is 0.123 e. The number of benzene rings is 1. The van der Waals surface area contributed by atoms with Crippen molar-refractivity contribution >= 4 is 15.9 Å². The highest BCUT2D eigenvalue weighted by Gasteiger charge is 2.29. The highest BCUT2D eigenvalue weighted by atomic mass is 79.9. The Labute approximate surface area is 105 Å². The summed E-state index contributed by atoms with van der Waals surface area (Å²) in [6.45, 7) is 3.89. The Morgan fingerprint density at radius 2 is 2.12 bits per heavy atom. The number of ether oxygens (including phenoxy) is 1. The van der Waals surface area contributed by atoms with Gasteiger partial charge in [0.15, 0.2) is 0 Å². The van der Waals surface area contributed by atoms with E-state index in [9.17, 15) is 5.11 Å². The molecule has 4 heteroatoms. The molecular weight excluding hydrogens is 270 g/mol. The van der Waals surface area contributed by atoms with Crippen LogP contribution < -0.4 is 10.5 Å². The molecule has 0 spiro atoms. The van der Waals surface area contributed by atoms with E-state index in [1.54, 1.807) is 7.11 Å². The Morgan fingerprint density at radius 3 is 2.62 bits per heavy atom. The lowest BCUT2D eigenvalue weighted by Gasteiger charge is -2.30. The third-order valence-electron chi connectivity index (χ3n) is 2.78. The van der Waals surface area contributed by atoms with Crippen molar-refractivity contribution < 1.29 is 9.84 Å². The summed E-state index contributed by atoms with van der Waals surface area (Å²) in [4.78, 5) is 0. The van der Waals surface area contributed by atoms with Crippen molar-refractivity contribution in [3.8, 4) is 5.75 Å². The minimum absolute atomic E-state index is 0.0316. The van der Waals surface area contributed by atoms with Crippen LogP contribution in [0.2, 0.25) is 0 Å². The van der Waals surface area contributed by atoms with E-state index in [0.717, 1.165) is 15.8 Å². The molecule has 16 heavy (non-hydrogen) atoms. The molecule has 3 N–H and O–H groups in total. The Morgan fingerprint density at radius 1 is 1.50 bits per heavy atom. The van der Waals surface area contributed by atoms with E-state index in [2.05, 4.69) is 15.9 Å². The molecule has 0 fully saturated rings. The lowest BCUT2D eigenvalue weighted by molar-refractivity contribution is 0.131. The van der Waals surface area contributed by atoms with Gasteiger partial charge < -0.3 is 15.6 Å². The number of aliphatic hydroxyl groups is 1. The van der Waals surface area contributed by atoms with Crippen LogP contribution in [0.4, 0.5) is 0 Å². The molecule has 90 valence electrons. The molecular formula is C12H18BrNO2. The summed E-state index contributed by atoms with van der Waals surface area (Å²) < 4.78 is 6.23. The summed E-state index contributed by atoms with van der Waals surface area (Å²) >= 11 is 3.41. The molecule has 1 aromatic rings. The molecule has 3 nitrogen and oxygen atoms in total. The molecule has 0 amide bonds. The molecule has 0 aliphatic rings. The van der Waals surface area contributed by atoms with E-state index < -0.39 is 0 Å². The van der Waals surface area contributed by atoms with Crippen LogP contribution in [-0.4, -0.2) is 18.8 Å². The maximum atomic E-state index is 9.33. The number of rotatable bonds is 4. The third kappa shape index (κ3) is 2.75. The van der Waals surface area contributed by atoms with E-state index in [1.165, 1.54) is 0 Å². The van der Waals surface area contributed by atoms with E-state index in [0.29, 0.717) is 0 Å². The zero-order chi connectivity index (χ0) is 12.3. The Bertz CT molecular complexity index is 366. The highest BCUT2D eigenvalue weighted by Crippen LogP contribution is 2.36. The molecule has 0 aromatic heterocycles. The number of hydrogen-bond donors (Lipinski definition) is 2. The fourth-order valence-corrected chi connectivity index (χ4v) is 1.85. The first kappa shape index (κ1) is 13.5. The first-order valence-electron chi connectivity index (χ1n) is 5.12. The van der Waals surface area contributed by atoms with Gasteiger partial charge in [-0.1, -0.05) is 29.8 Å². The summed E-state index contributed by atoms with van der Waals surface area (Å²) in [5, 5.41) is 9.33. The maximum Gasteiger partial charge on any atom is 0.123 e. The minimum atomic E-state index is -0.381. The van der Waals surface area contributed by atoms with Crippen molar-refractivity contribution in [2.24, 2.45) is 11.1 Å². The van der Waals surface area contributed by atoms with Gasteiger partial charge in [-0.25, -0.2) is 0 Å². The van der Waals surface area contributed by atoms with Gasteiger partial charge >= 0.3 is 0 Å². The summed E-state index contributed by atoms with van der Waals surface area (Å²) in [6.07, 6.45) is 0. The van der Waals surface area contributed by atoms with Crippen molar-refractivity contribution in [1.29, 1.82) is 0 Å². The predicted octanol–water partition coefficient (Wildman–Crippen LogP) is 2.48. The van der Waals surface area contributed by atoms with Crippen LogP contribution >= 0.6 is 15.9 Å². The molecule has 0 radical (unpaired) electrons. The molecule has 0 unspecified atom stereocenters. The quantitative estimate of drug-likeness (QED) is 0.895. The largest absolute Gasteiger partial charge is 0.496 e. The molecule has 0 aliphatic carbocycles. The van der Waals surface area contributed by atoms with Gasteiger partial charge in [0.05, 0.1) is 7.11 Å². The Kier molecular flexibility index (Phi) is 4.35. The topological polar surface area (TPSA) is 55.5 Å². The second-order valence-corrected chi connectivity index (χ2v) is 5.43. The second-order valence-electron chi connectivity index (χ2n) is 4.51. The van der Waals surface area contributed by atoms with E-state index in [1.807, 2.05) is 32.0 Å². The van der Waals surface area contributed by atoms with E-state index in [-0.39, 0.29) is 18.1 Å². The fourth-order valence-electron chi connectivity index (χ4n) is 1.47. The summed E-state index contributed by atoms with van der Waals surface area (Å²) in [5.41, 5.74) is 6.69. The molecule has 1 rings (SSSR count). The zero-order valence-corrected chi connectivity index (χ0v) is 11.4. The van der Waals surface area contributed by atoms with Crippen molar-refractivity contribution in [2.75, 3.05) is 13.7 Å². The van der Waals surface area contributed by atoms with Gasteiger partial charge in [0, 0.05) is 28.1 Å². The molecule has 0 aliphatic heterocycles. The lowest BCUT2D eigenvalue weighted by atomic mass is 9.81. The van der Waals surface area contributed by atoms with Crippen molar-refractivity contribution in [2.45, 2.75) is 19.9 Å². The predicted molar refractivity (Wildman–Crippen MR) is 68.5 cm³/mol. The first-order chi connectivity index (χ1) is 7.42. The molecule has 1 atom stereocenters. The Balaban J connectivity index is 3.16. The van der Waals surface area contributed by atoms with Crippen molar-refractivity contribution in [3.63, 3.8) is 0 Å². The molecule has 0 saturated carbocycles. The van der Waals surface area contributed by atoms with Crippen LogP contribution in [0.15, 0.2) is 22.7 Å². The van der Waals surface area contributed by atoms with Gasteiger partial charge in [-0.05, 0) is 18.2 Å². The molecule has 0 saturated heterocycles. The minimum Gasteiger partial charge on any atom is -0.496 e. The van der Waals surface area contributed by atoms with Gasteiger partial charge in [0.25, 0.3) is 0 Å². The van der Waals surface area contributed by atoms with E-state index >= 15 is 0 Å². The van der Waals surface area contributed by atoms with Gasteiger partial charge in [-0.3, -0.25) is 0 Å². The van der Waals surface area contributed by atoms with Crippen LogP contribution in [0.25, 0.3) is 0 Å². The van der Waals surface area contributed by atoms with Crippen LogP contribution in [0.1, 0.15) is 25.5 Å². The van der Waals surface area contributed by atoms with Crippen LogP contribution in [0.3, 0.4) is 0 Å². The van der Waals surface area contributed by atoms with E-state index in [4.69, 9.17) is 10.5 Å². The molecule has 1 aromatic carbocycles. The third-order valence-corrected chi connectivity index (χ3v) is 3.27. The fraction of sp³-hybridized carbons (Fsp3) is 0.500. The van der Waals surface area contributed by atoms with Crippen LogP contribution in [-0.2, 0) is 0 Å². The average molecular weight is 288 g/mol. The summed E-state index contributed by atoms with van der Waals surface area (Å²) in [7, 11) is 1.62. The zero-order valence-electron chi connectivity index (χ0n) is 9.83. The standard InChI is InChI=1S/C12H18BrNO2/c1-12(2,7-15)11(14)9-6-8(13)4-5-10(9)16-3/h4-6,11,15H,7,14H2,1-3H3/t11-/m0/s1. The van der Waals surface area contributed by atoms with Crippen molar-refractivity contribution in [3.05, 3.63) is 28.2 Å². The number of nitrogens with two attached hydrogens (primary N) is 1. The first-order valence-corrected chi connectivity index (χ1v) is 5.91. The van der Waals surface area contributed by atoms with Gasteiger partial charge in [0.2, 0.25) is 0 Å². The highest BCUT2D eigenvalue weighted by molar-refractivity contribution is 9.10. The SMILES string of the molecule is COc1ccc(Br)cc1[C@H](N)C(C)(C)CO. The summed E-state index contributed by atoms with van der Waals surface area (Å²) in [6, 6.07) is 5.43. The van der Waals surface area contributed by atoms with Crippen molar-refractivity contribution in [1.82, 2.24) is 0 Å². The van der Waals surface area contributed by atoms with Gasteiger partial charge in [-0.15, -0.1) is 0 Å². The second kappa shape index (κ2) is 5.17. The normalized spacial score (nSPS) is 13.6. The Hall–Kier alpha value is -0.580. The monoisotopic (exact) mass is 287 g/mol. The summed E-state index contributed by atoms with van der Waals surface area (Å²) in [5.74, 6) is 0.747. The molecule has 0 bridgehead atoms. The van der Waals surface area contributed by atoms with Gasteiger partial charge in [0.1, 0.15) is 5.75 Å². The number of methoxy groups -OCH3 is 1. The maximum absolute atomic E-state index is 9.33.